The summed E-state index contributed by atoms with van der Waals surface area (Å²) in [6.07, 6.45) is 2.27. The van der Waals surface area contributed by atoms with Crippen molar-refractivity contribution in [3.05, 3.63) is 70.0 Å². The topological polar surface area (TPSA) is 75.8 Å². The fourth-order valence-electron chi connectivity index (χ4n) is 3.95. The van der Waals surface area contributed by atoms with Crippen molar-refractivity contribution in [2.45, 2.75) is 32.0 Å². The highest BCUT2D eigenvalue weighted by Crippen LogP contribution is 2.20. The highest BCUT2D eigenvalue weighted by atomic mass is 32.1. The Labute approximate surface area is 198 Å². The van der Waals surface area contributed by atoms with E-state index in [2.05, 4.69) is 10.3 Å². The first-order valence-electron chi connectivity index (χ1n) is 11.0. The average molecular weight is 468 g/mol. The Bertz CT molecular complexity index is 1160. The summed E-state index contributed by atoms with van der Waals surface area (Å²) in [5.74, 6) is 1.54. The molecule has 7 nitrogen and oxygen atoms in total. The van der Waals surface area contributed by atoms with Crippen LogP contribution in [0.5, 0.6) is 11.5 Å². The van der Waals surface area contributed by atoms with Crippen LogP contribution in [0, 0.1) is 0 Å². The van der Waals surface area contributed by atoms with Crippen LogP contribution in [0.3, 0.4) is 0 Å². The van der Waals surface area contributed by atoms with Crippen LogP contribution in [0.1, 0.15) is 24.0 Å². The number of aromatic nitrogens is 1. The summed E-state index contributed by atoms with van der Waals surface area (Å²) in [4.78, 5) is 17.8. The predicted octanol–water partition coefficient (Wildman–Crippen LogP) is 3.60. The smallest absolute Gasteiger partial charge is 0.253 e. The van der Waals surface area contributed by atoms with E-state index < -0.39 is 0 Å². The summed E-state index contributed by atoms with van der Waals surface area (Å²) < 4.78 is 16.3. The Morgan fingerprint density at radius 2 is 1.88 bits per heavy atom. The van der Waals surface area contributed by atoms with Gasteiger partial charge < -0.3 is 29.4 Å². The molecule has 1 saturated heterocycles. The summed E-state index contributed by atoms with van der Waals surface area (Å²) >= 11 is 5.74. The van der Waals surface area contributed by atoms with Crippen LogP contribution < -0.4 is 20.3 Å². The Kier molecular flexibility index (Phi) is 7.47. The van der Waals surface area contributed by atoms with Gasteiger partial charge in [-0.25, -0.2) is 0 Å². The van der Waals surface area contributed by atoms with Gasteiger partial charge in [0.25, 0.3) is 5.56 Å². The van der Waals surface area contributed by atoms with E-state index in [1.807, 2.05) is 53.4 Å². The summed E-state index contributed by atoms with van der Waals surface area (Å²) in [7, 11) is 3.27. The summed E-state index contributed by atoms with van der Waals surface area (Å²) in [6.45, 7) is 2.37. The molecule has 3 aromatic rings. The van der Waals surface area contributed by atoms with E-state index in [0.29, 0.717) is 30.3 Å². The third-order valence-corrected chi connectivity index (χ3v) is 6.22. The lowest BCUT2D eigenvalue weighted by molar-refractivity contribution is 0.113. The van der Waals surface area contributed by atoms with Crippen molar-refractivity contribution in [1.29, 1.82) is 0 Å². The van der Waals surface area contributed by atoms with E-state index in [-0.39, 0.29) is 11.7 Å². The monoisotopic (exact) mass is 467 g/mol. The lowest BCUT2D eigenvalue weighted by Crippen LogP contribution is -2.42. The molecule has 1 unspecified atom stereocenters. The molecule has 1 aliphatic rings. The van der Waals surface area contributed by atoms with Crippen LogP contribution in [0.15, 0.2) is 53.3 Å². The van der Waals surface area contributed by atoms with Crippen LogP contribution in [0.25, 0.3) is 10.9 Å². The molecule has 174 valence electrons. The molecule has 0 amide bonds. The van der Waals surface area contributed by atoms with Gasteiger partial charge in [0.05, 0.1) is 26.9 Å². The van der Waals surface area contributed by atoms with E-state index in [1.165, 1.54) is 0 Å². The zero-order valence-electron chi connectivity index (χ0n) is 18.9. The van der Waals surface area contributed by atoms with Crippen LogP contribution in [-0.4, -0.2) is 48.5 Å². The second-order valence-electron chi connectivity index (χ2n) is 8.10. The maximum Gasteiger partial charge on any atom is 0.253 e. The zero-order chi connectivity index (χ0) is 23.2. The molecule has 2 aromatic carbocycles. The van der Waals surface area contributed by atoms with E-state index in [0.717, 1.165) is 47.4 Å². The van der Waals surface area contributed by atoms with Crippen molar-refractivity contribution in [3.8, 4) is 11.5 Å². The lowest BCUT2D eigenvalue weighted by Gasteiger charge is -2.27. The Hall–Kier alpha value is -3.10. The summed E-state index contributed by atoms with van der Waals surface area (Å²) in [6, 6.07) is 15.3. The molecule has 0 radical (unpaired) electrons. The Morgan fingerprint density at radius 3 is 2.58 bits per heavy atom. The van der Waals surface area contributed by atoms with Crippen molar-refractivity contribution in [3.63, 3.8) is 0 Å². The first kappa shape index (κ1) is 23.1. The van der Waals surface area contributed by atoms with Gasteiger partial charge in [-0.3, -0.25) is 4.79 Å². The number of H-pyrrole nitrogens is 1. The second-order valence-corrected chi connectivity index (χ2v) is 8.49. The van der Waals surface area contributed by atoms with E-state index >= 15 is 0 Å². The molecule has 0 bridgehead atoms. The van der Waals surface area contributed by atoms with Crippen LogP contribution in [0.4, 0.5) is 0 Å². The minimum absolute atomic E-state index is 0.130. The molecule has 8 heteroatoms. The molecule has 0 aliphatic carbocycles. The number of hydrogen-bond donors (Lipinski definition) is 2. The standard InChI is InChI=1S/C25H29N3O4S/c1-30-20-7-5-17(6-8-20)15-28(25(33)26-14-22-4-3-11-32-22)16-19-12-18-13-21(31-2)9-10-23(18)27-24(19)29/h5-10,12-13,22H,3-4,11,14-16H2,1-2H3,(H,26,33)(H,27,29). The summed E-state index contributed by atoms with van der Waals surface area (Å²) in [5.41, 5.74) is 2.33. The van der Waals surface area contributed by atoms with Crippen molar-refractivity contribution in [1.82, 2.24) is 15.2 Å². The highest BCUT2D eigenvalue weighted by molar-refractivity contribution is 7.80. The maximum absolute atomic E-state index is 12.8. The minimum Gasteiger partial charge on any atom is -0.497 e. The number of thiocarbonyl (C=S) groups is 1. The zero-order valence-corrected chi connectivity index (χ0v) is 19.7. The largest absolute Gasteiger partial charge is 0.497 e. The average Bonchev–Trinajstić information content (AvgIpc) is 3.36. The number of ether oxygens (including phenoxy) is 3. The second kappa shape index (κ2) is 10.7. The third-order valence-electron chi connectivity index (χ3n) is 5.81. The van der Waals surface area contributed by atoms with Crippen molar-refractivity contribution in [2.75, 3.05) is 27.4 Å². The van der Waals surface area contributed by atoms with Crippen LogP contribution in [0.2, 0.25) is 0 Å². The van der Waals surface area contributed by atoms with Gasteiger partial charge in [0, 0.05) is 36.2 Å². The van der Waals surface area contributed by atoms with E-state index in [4.69, 9.17) is 26.4 Å². The van der Waals surface area contributed by atoms with Gasteiger partial charge in [-0.2, -0.15) is 0 Å². The fourth-order valence-corrected chi connectivity index (χ4v) is 4.16. The van der Waals surface area contributed by atoms with Crippen molar-refractivity contribution in [2.24, 2.45) is 0 Å². The third kappa shape index (κ3) is 5.83. The molecule has 0 spiro atoms. The maximum atomic E-state index is 12.8. The highest BCUT2D eigenvalue weighted by Gasteiger charge is 2.19. The van der Waals surface area contributed by atoms with E-state index in [1.54, 1.807) is 14.2 Å². The van der Waals surface area contributed by atoms with Crippen LogP contribution >= 0.6 is 12.2 Å². The van der Waals surface area contributed by atoms with E-state index in [9.17, 15) is 4.79 Å². The molecule has 1 fully saturated rings. The number of nitrogens with one attached hydrogen (secondary N) is 2. The Morgan fingerprint density at radius 1 is 1.12 bits per heavy atom. The molecule has 2 heterocycles. The first-order valence-corrected chi connectivity index (χ1v) is 11.4. The van der Waals surface area contributed by atoms with Gasteiger partial charge in [0.1, 0.15) is 11.5 Å². The van der Waals surface area contributed by atoms with Gasteiger partial charge >= 0.3 is 0 Å². The number of aromatic amines is 1. The SMILES string of the molecule is COc1ccc(CN(Cc2cc3cc(OC)ccc3[nH]c2=O)C(=S)NCC2CCCO2)cc1. The molecule has 1 atom stereocenters. The van der Waals surface area contributed by atoms with Crippen molar-refractivity contribution >= 4 is 28.2 Å². The van der Waals surface area contributed by atoms with Gasteiger partial charge in [0.15, 0.2) is 5.11 Å². The number of fused-ring (bicyclic) bond motifs is 1. The lowest BCUT2D eigenvalue weighted by atomic mass is 10.1. The number of benzene rings is 2. The molecule has 1 aromatic heterocycles. The summed E-state index contributed by atoms with van der Waals surface area (Å²) in [5, 5.41) is 4.84. The van der Waals surface area contributed by atoms with Gasteiger partial charge in [0.2, 0.25) is 0 Å². The quantitative estimate of drug-likeness (QED) is 0.490. The van der Waals surface area contributed by atoms with Gasteiger partial charge in [-0.1, -0.05) is 12.1 Å². The minimum atomic E-state index is -0.130. The first-order chi connectivity index (χ1) is 16.1. The predicted molar refractivity (Wildman–Crippen MR) is 133 cm³/mol. The number of hydrogen-bond acceptors (Lipinski definition) is 5. The number of methoxy groups -OCH3 is 2. The molecule has 33 heavy (non-hydrogen) atoms. The molecular weight excluding hydrogens is 438 g/mol. The van der Waals surface area contributed by atoms with Crippen molar-refractivity contribution < 1.29 is 14.2 Å². The van der Waals surface area contributed by atoms with Gasteiger partial charge in [-0.05, 0) is 67.0 Å². The molecule has 4 rings (SSSR count). The number of rotatable bonds is 8. The number of nitrogens with zero attached hydrogens (tertiary/aromatic N) is 1. The molecule has 2 N–H and O–H groups in total. The number of pyridine rings is 1. The fraction of sp³-hybridized carbons (Fsp3) is 0.360. The molecule has 1 aliphatic heterocycles. The van der Waals surface area contributed by atoms with Crippen LogP contribution in [-0.2, 0) is 17.8 Å². The Balaban J connectivity index is 1.57. The molecular formula is C25H29N3O4S. The normalized spacial score (nSPS) is 15.4. The molecule has 0 saturated carbocycles. The van der Waals surface area contributed by atoms with Gasteiger partial charge in [-0.15, -0.1) is 0 Å².